The van der Waals surface area contributed by atoms with Gasteiger partial charge in [0.1, 0.15) is 17.0 Å². The minimum atomic E-state index is -2.90. The number of halogens is 2. The zero-order valence-electron chi connectivity index (χ0n) is 18.2. The molecule has 0 fully saturated rings. The van der Waals surface area contributed by atoms with Gasteiger partial charge < -0.3 is 25.2 Å². The van der Waals surface area contributed by atoms with Crippen LogP contribution in [0.15, 0.2) is 36.5 Å². The number of aromatic nitrogens is 3. The fourth-order valence-electron chi connectivity index (χ4n) is 3.18. The summed E-state index contributed by atoms with van der Waals surface area (Å²) in [5.74, 6) is -1.04. The Kier molecular flexibility index (Phi) is 7.57. The molecule has 0 amide bonds. The van der Waals surface area contributed by atoms with Gasteiger partial charge in [-0.1, -0.05) is 6.92 Å². The van der Waals surface area contributed by atoms with Crippen LogP contribution in [0, 0.1) is 0 Å². The number of benzene rings is 1. The maximum absolute atomic E-state index is 13.9. The highest BCUT2D eigenvalue weighted by Crippen LogP contribution is 2.28. The van der Waals surface area contributed by atoms with Crippen molar-refractivity contribution < 1.29 is 23.4 Å². The van der Waals surface area contributed by atoms with Crippen molar-refractivity contribution in [1.29, 1.82) is 0 Å². The lowest BCUT2D eigenvalue weighted by atomic mass is 10.1. The van der Waals surface area contributed by atoms with Crippen molar-refractivity contribution >= 4 is 22.8 Å². The van der Waals surface area contributed by atoms with Gasteiger partial charge in [0.05, 0.1) is 32.4 Å². The molecule has 1 atom stereocenters. The molecule has 1 unspecified atom stereocenters. The topological polar surface area (TPSA) is 101 Å². The second kappa shape index (κ2) is 10.4. The van der Waals surface area contributed by atoms with E-state index in [-0.39, 0.29) is 18.2 Å². The molecule has 0 aliphatic carbocycles. The van der Waals surface area contributed by atoms with Gasteiger partial charge in [-0.25, -0.2) is 13.8 Å². The van der Waals surface area contributed by atoms with Crippen LogP contribution in [0.4, 0.5) is 20.5 Å². The number of ether oxygens (including phenoxy) is 2. The van der Waals surface area contributed by atoms with Gasteiger partial charge in [0.15, 0.2) is 5.82 Å². The van der Waals surface area contributed by atoms with Crippen LogP contribution in [0.2, 0.25) is 0 Å². The highest BCUT2D eigenvalue weighted by Gasteiger charge is 2.30. The van der Waals surface area contributed by atoms with E-state index in [1.165, 1.54) is 6.92 Å². The minimum Gasteiger partial charge on any atom is -0.497 e. The van der Waals surface area contributed by atoms with E-state index < -0.39 is 25.0 Å². The quantitative estimate of drug-likeness (QED) is 0.407. The monoisotopic (exact) mass is 447 g/mol. The SMILES string of the molecule is CCC(F)(F)CC(CO)Nc1nc(NCc2ccc(OC)cc2OC)nc2cccnc12. The number of alkyl halides is 2. The molecule has 32 heavy (non-hydrogen) atoms. The standard InChI is InChI=1S/C22H27F2N5O3/c1-4-22(23,24)11-15(13-30)27-20-19-17(6-5-9-25-19)28-21(29-20)26-12-14-7-8-16(31-2)10-18(14)32-3/h5-10,15,30H,4,11-13H2,1-3H3,(H2,26,27,28,29). The van der Waals surface area contributed by atoms with Gasteiger partial charge in [0.25, 0.3) is 0 Å². The molecule has 8 nitrogen and oxygen atoms in total. The largest absolute Gasteiger partial charge is 0.497 e. The van der Waals surface area contributed by atoms with Gasteiger partial charge in [0.2, 0.25) is 11.9 Å². The second-order valence-corrected chi connectivity index (χ2v) is 7.24. The zero-order chi connectivity index (χ0) is 23.1. The molecular weight excluding hydrogens is 420 g/mol. The number of fused-ring (bicyclic) bond motifs is 1. The highest BCUT2D eigenvalue weighted by atomic mass is 19.3. The molecule has 3 rings (SSSR count). The predicted molar refractivity (Wildman–Crippen MR) is 119 cm³/mol. The summed E-state index contributed by atoms with van der Waals surface area (Å²) in [4.78, 5) is 13.2. The first kappa shape index (κ1) is 23.4. The molecule has 2 heterocycles. The Morgan fingerprint density at radius 1 is 1.16 bits per heavy atom. The van der Waals surface area contributed by atoms with Crippen molar-refractivity contribution in [2.24, 2.45) is 0 Å². The van der Waals surface area contributed by atoms with Crippen LogP contribution in [0.25, 0.3) is 11.0 Å². The van der Waals surface area contributed by atoms with Crippen molar-refractivity contribution in [3.05, 3.63) is 42.1 Å². The molecule has 0 aliphatic heterocycles. The van der Waals surface area contributed by atoms with Crippen molar-refractivity contribution in [3.63, 3.8) is 0 Å². The fraction of sp³-hybridized carbons (Fsp3) is 0.409. The molecule has 0 aliphatic rings. The van der Waals surface area contributed by atoms with Crippen LogP contribution in [-0.2, 0) is 6.54 Å². The van der Waals surface area contributed by atoms with Gasteiger partial charge in [-0.3, -0.25) is 4.98 Å². The third kappa shape index (κ3) is 5.70. The number of nitrogens with one attached hydrogen (secondary N) is 2. The van der Waals surface area contributed by atoms with Crippen LogP contribution in [0.1, 0.15) is 25.3 Å². The van der Waals surface area contributed by atoms with E-state index in [1.807, 2.05) is 12.1 Å². The first-order valence-corrected chi connectivity index (χ1v) is 10.2. The number of hydrogen-bond donors (Lipinski definition) is 3. The van der Waals surface area contributed by atoms with Crippen LogP contribution >= 0.6 is 0 Å². The van der Waals surface area contributed by atoms with E-state index in [0.717, 1.165) is 5.56 Å². The Labute approximate surface area is 185 Å². The van der Waals surface area contributed by atoms with E-state index in [0.29, 0.717) is 29.1 Å². The number of aliphatic hydroxyl groups excluding tert-OH is 1. The molecule has 0 radical (unpaired) electrons. The maximum atomic E-state index is 13.9. The van der Waals surface area contributed by atoms with Crippen LogP contribution in [-0.4, -0.2) is 52.8 Å². The average molecular weight is 447 g/mol. The van der Waals surface area contributed by atoms with Crippen molar-refractivity contribution in [1.82, 2.24) is 15.0 Å². The maximum Gasteiger partial charge on any atom is 0.249 e. The molecule has 1 aromatic carbocycles. The molecular formula is C22H27F2N5O3. The Hall–Kier alpha value is -3.27. The Morgan fingerprint density at radius 3 is 2.66 bits per heavy atom. The van der Waals surface area contributed by atoms with Gasteiger partial charge in [-0.2, -0.15) is 4.98 Å². The third-order valence-electron chi connectivity index (χ3n) is 5.01. The summed E-state index contributed by atoms with van der Waals surface area (Å²) in [6.07, 6.45) is 0.732. The van der Waals surface area contributed by atoms with Crippen molar-refractivity contribution in [2.45, 2.75) is 38.3 Å². The summed E-state index contributed by atoms with van der Waals surface area (Å²) in [6, 6.07) is 8.04. The van der Waals surface area contributed by atoms with Crippen LogP contribution < -0.4 is 20.1 Å². The molecule has 0 bridgehead atoms. The number of pyridine rings is 1. The second-order valence-electron chi connectivity index (χ2n) is 7.24. The summed E-state index contributed by atoms with van der Waals surface area (Å²) in [6.45, 7) is 1.29. The number of aliphatic hydroxyl groups is 1. The first-order valence-electron chi connectivity index (χ1n) is 10.2. The smallest absolute Gasteiger partial charge is 0.249 e. The molecule has 2 aromatic heterocycles. The number of hydrogen-bond acceptors (Lipinski definition) is 8. The van der Waals surface area contributed by atoms with E-state index in [2.05, 4.69) is 25.6 Å². The highest BCUT2D eigenvalue weighted by molar-refractivity contribution is 5.86. The molecule has 0 saturated carbocycles. The molecule has 3 aromatic rings. The lowest BCUT2D eigenvalue weighted by Gasteiger charge is -2.23. The Morgan fingerprint density at radius 2 is 1.97 bits per heavy atom. The van der Waals surface area contributed by atoms with E-state index in [4.69, 9.17) is 9.47 Å². The number of nitrogens with zero attached hydrogens (tertiary/aromatic N) is 3. The predicted octanol–water partition coefficient (Wildman–Crippen LogP) is 3.86. The van der Waals surface area contributed by atoms with Gasteiger partial charge in [-0.05, 0) is 24.3 Å². The van der Waals surface area contributed by atoms with E-state index in [1.54, 1.807) is 38.6 Å². The molecule has 0 saturated heterocycles. The number of rotatable bonds is 11. The van der Waals surface area contributed by atoms with E-state index in [9.17, 15) is 13.9 Å². The average Bonchev–Trinajstić information content (AvgIpc) is 2.82. The Balaban J connectivity index is 1.86. The van der Waals surface area contributed by atoms with Crippen molar-refractivity contribution in [3.8, 4) is 11.5 Å². The van der Waals surface area contributed by atoms with Crippen LogP contribution in [0.5, 0.6) is 11.5 Å². The summed E-state index contributed by atoms with van der Waals surface area (Å²) in [5, 5.41) is 15.7. The fourth-order valence-corrected chi connectivity index (χ4v) is 3.18. The number of methoxy groups -OCH3 is 2. The lowest BCUT2D eigenvalue weighted by Crippen LogP contribution is -2.32. The summed E-state index contributed by atoms with van der Waals surface area (Å²) in [7, 11) is 3.15. The summed E-state index contributed by atoms with van der Waals surface area (Å²) < 4.78 is 38.4. The normalized spacial score (nSPS) is 12.4. The molecule has 0 spiro atoms. The first-order chi connectivity index (χ1) is 15.4. The lowest BCUT2D eigenvalue weighted by molar-refractivity contribution is -0.0198. The minimum absolute atomic E-state index is 0.269. The molecule has 10 heteroatoms. The Bertz CT molecular complexity index is 1050. The van der Waals surface area contributed by atoms with Gasteiger partial charge in [0, 0.05) is 37.2 Å². The van der Waals surface area contributed by atoms with E-state index >= 15 is 0 Å². The van der Waals surface area contributed by atoms with Gasteiger partial charge >= 0.3 is 0 Å². The summed E-state index contributed by atoms with van der Waals surface area (Å²) >= 11 is 0. The van der Waals surface area contributed by atoms with Gasteiger partial charge in [-0.15, -0.1) is 0 Å². The molecule has 3 N–H and O–H groups in total. The van der Waals surface area contributed by atoms with Crippen LogP contribution in [0.3, 0.4) is 0 Å². The number of anilines is 2. The third-order valence-corrected chi connectivity index (χ3v) is 5.01. The molecule has 172 valence electrons. The van der Waals surface area contributed by atoms with Crippen molar-refractivity contribution in [2.75, 3.05) is 31.5 Å². The summed E-state index contributed by atoms with van der Waals surface area (Å²) in [5.41, 5.74) is 1.82. The zero-order valence-corrected chi connectivity index (χ0v) is 18.2.